The monoisotopic (exact) mass is 329 g/mol. The Kier molecular flexibility index (Phi) is 5.08. The van der Waals surface area contributed by atoms with E-state index in [-0.39, 0.29) is 5.91 Å². The van der Waals surface area contributed by atoms with E-state index in [1.807, 2.05) is 0 Å². The molecule has 1 aromatic carbocycles. The van der Waals surface area contributed by atoms with E-state index in [9.17, 15) is 4.79 Å². The molecule has 0 radical (unpaired) electrons. The zero-order valence-corrected chi connectivity index (χ0v) is 14.6. The summed E-state index contributed by atoms with van der Waals surface area (Å²) in [6, 6.07) is 8.34. The first-order chi connectivity index (χ1) is 11.1. The predicted molar refractivity (Wildman–Crippen MR) is 94.9 cm³/mol. The lowest BCUT2D eigenvalue weighted by atomic mass is 10.1. The van der Waals surface area contributed by atoms with Crippen LogP contribution in [-0.2, 0) is 24.2 Å². The molecule has 3 rings (SSSR count). The molecular formula is C18H23N3OS. The average Bonchev–Trinajstić information content (AvgIpc) is 2.95. The maximum Gasteiger partial charge on any atom is 0.226 e. The quantitative estimate of drug-likeness (QED) is 0.914. The zero-order valence-electron chi connectivity index (χ0n) is 13.8. The Morgan fingerprint density at radius 3 is 2.87 bits per heavy atom. The molecule has 0 spiro atoms. The molecule has 1 aliphatic heterocycles. The van der Waals surface area contributed by atoms with Crippen LogP contribution >= 0.6 is 11.3 Å². The second-order valence-electron chi connectivity index (χ2n) is 6.04. The van der Waals surface area contributed by atoms with E-state index in [4.69, 9.17) is 0 Å². The summed E-state index contributed by atoms with van der Waals surface area (Å²) in [5.41, 5.74) is 3.60. The summed E-state index contributed by atoms with van der Waals surface area (Å²) in [5.74, 6) is 0.0454. The van der Waals surface area contributed by atoms with Crippen molar-refractivity contribution in [2.24, 2.45) is 0 Å². The third kappa shape index (κ3) is 4.18. The molecule has 0 saturated heterocycles. The summed E-state index contributed by atoms with van der Waals surface area (Å²) < 4.78 is 0. The molecular weight excluding hydrogens is 306 g/mol. The van der Waals surface area contributed by atoms with Crippen LogP contribution in [0, 0.1) is 6.92 Å². The van der Waals surface area contributed by atoms with E-state index in [0.29, 0.717) is 6.42 Å². The number of thiazole rings is 1. The molecule has 1 amide bonds. The minimum Gasteiger partial charge on any atom is -0.302 e. The molecule has 0 fully saturated rings. The van der Waals surface area contributed by atoms with Crippen molar-refractivity contribution in [3.63, 3.8) is 0 Å². The van der Waals surface area contributed by atoms with Crippen molar-refractivity contribution in [1.82, 2.24) is 9.88 Å². The van der Waals surface area contributed by atoms with Gasteiger partial charge in [0.2, 0.25) is 5.91 Å². The zero-order chi connectivity index (χ0) is 16.2. The standard InChI is InChI=1S/C18H23N3OS/c1-3-21-11-10-15-16(12-21)23-18(19-15)20-17(22)9-8-14-6-4-13(2)5-7-14/h4-7H,3,8-12H2,1-2H3,(H,19,20,22). The summed E-state index contributed by atoms with van der Waals surface area (Å²) in [6.45, 7) is 7.34. The van der Waals surface area contributed by atoms with Crippen LogP contribution in [0.1, 0.15) is 35.0 Å². The van der Waals surface area contributed by atoms with Crippen molar-refractivity contribution >= 4 is 22.4 Å². The van der Waals surface area contributed by atoms with Gasteiger partial charge in [-0.3, -0.25) is 9.69 Å². The molecule has 0 unspecified atom stereocenters. The molecule has 1 N–H and O–H groups in total. The number of hydrogen-bond donors (Lipinski definition) is 1. The highest BCUT2D eigenvalue weighted by molar-refractivity contribution is 7.15. The van der Waals surface area contributed by atoms with Crippen LogP contribution in [0.25, 0.3) is 0 Å². The van der Waals surface area contributed by atoms with Crippen molar-refractivity contribution in [2.75, 3.05) is 18.4 Å². The normalized spacial score (nSPS) is 14.5. The van der Waals surface area contributed by atoms with Gasteiger partial charge in [0.15, 0.2) is 5.13 Å². The molecule has 0 atom stereocenters. The molecule has 0 bridgehead atoms. The minimum absolute atomic E-state index is 0.0454. The lowest BCUT2D eigenvalue weighted by Gasteiger charge is -2.23. The number of fused-ring (bicyclic) bond motifs is 1. The molecule has 23 heavy (non-hydrogen) atoms. The fraction of sp³-hybridized carbons (Fsp3) is 0.444. The Morgan fingerprint density at radius 1 is 1.35 bits per heavy atom. The number of carbonyl (C=O) groups is 1. The number of carbonyl (C=O) groups excluding carboxylic acids is 1. The Labute approximate surface area is 141 Å². The number of benzene rings is 1. The molecule has 1 aromatic heterocycles. The van der Waals surface area contributed by atoms with E-state index in [1.54, 1.807) is 11.3 Å². The first-order valence-electron chi connectivity index (χ1n) is 8.20. The predicted octanol–water partition coefficient (Wildman–Crippen LogP) is 3.40. The molecule has 4 nitrogen and oxygen atoms in total. The average molecular weight is 329 g/mol. The summed E-state index contributed by atoms with van der Waals surface area (Å²) >= 11 is 1.62. The summed E-state index contributed by atoms with van der Waals surface area (Å²) in [6.07, 6.45) is 2.24. The maximum atomic E-state index is 12.1. The van der Waals surface area contributed by atoms with Gasteiger partial charge in [-0.1, -0.05) is 36.8 Å². The molecule has 122 valence electrons. The Morgan fingerprint density at radius 2 is 2.13 bits per heavy atom. The number of rotatable bonds is 5. The third-order valence-corrected chi connectivity index (χ3v) is 5.26. The van der Waals surface area contributed by atoms with Crippen LogP contribution in [0.4, 0.5) is 5.13 Å². The number of likely N-dealkylation sites (N-methyl/N-ethyl adjacent to an activating group) is 1. The molecule has 2 heterocycles. The van der Waals surface area contributed by atoms with E-state index in [0.717, 1.165) is 43.3 Å². The highest BCUT2D eigenvalue weighted by atomic mass is 32.1. The van der Waals surface area contributed by atoms with Gasteiger partial charge in [0, 0.05) is 30.8 Å². The van der Waals surface area contributed by atoms with Crippen molar-refractivity contribution in [3.05, 3.63) is 46.0 Å². The number of hydrogen-bond acceptors (Lipinski definition) is 4. The number of nitrogens with zero attached hydrogens (tertiary/aromatic N) is 2. The first-order valence-corrected chi connectivity index (χ1v) is 9.02. The largest absolute Gasteiger partial charge is 0.302 e. The van der Waals surface area contributed by atoms with Gasteiger partial charge in [-0.2, -0.15) is 0 Å². The van der Waals surface area contributed by atoms with Crippen LogP contribution < -0.4 is 5.32 Å². The van der Waals surface area contributed by atoms with E-state index >= 15 is 0 Å². The van der Waals surface area contributed by atoms with Crippen molar-refractivity contribution < 1.29 is 4.79 Å². The SMILES string of the molecule is CCN1CCc2nc(NC(=O)CCc3ccc(C)cc3)sc2C1. The summed E-state index contributed by atoms with van der Waals surface area (Å²) in [4.78, 5) is 20.4. The molecule has 0 aliphatic carbocycles. The molecule has 0 saturated carbocycles. The van der Waals surface area contributed by atoms with Crippen LogP contribution in [0.15, 0.2) is 24.3 Å². The van der Waals surface area contributed by atoms with Gasteiger partial charge in [-0.05, 0) is 25.5 Å². The van der Waals surface area contributed by atoms with Gasteiger partial charge in [0.25, 0.3) is 0 Å². The van der Waals surface area contributed by atoms with Gasteiger partial charge in [0.05, 0.1) is 5.69 Å². The number of anilines is 1. The van der Waals surface area contributed by atoms with Crippen LogP contribution in [0.2, 0.25) is 0 Å². The molecule has 5 heteroatoms. The second kappa shape index (κ2) is 7.23. The summed E-state index contributed by atoms with van der Waals surface area (Å²) in [7, 11) is 0. The van der Waals surface area contributed by atoms with Crippen LogP contribution in [0.5, 0.6) is 0 Å². The molecule has 1 aliphatic rings. The van der Waals surface area contributed by atoms with Gasteiger partial charge in [-0.25, -0.2) is 4.98 Å². The van der Waals surface area contributed by atoms with Gasteiger partial charge in [0.1, 0.15) is 0 Å². The third-order valence-electron chi connectivity index (χ3n) is 4.27. The van der Waals surface area contributed by atoms with Crippen LogP contribution in [0.3, 0.4) is 0 Å². The highest BCUT2D eigenvalue weighted by Gasteiger charge is 2.20. The Hall–Kier alpha value is -1.72. The van der Waals surface area contributed by atoms with E-state index in [2.05, 4.69) is 53.3 Å². The molecule has 2 aromatic rings. The van der Waals surface area contributed by atoms with Crippen molar-refractivity contribution in [3.8, 4) is 0 Å². The first kappa shape index (κ1) is 16.1. The fourth-order valence-corrected chi connectivity index (χ4v) is 3.83. The Bertz CT molecular complexity index is 678. The van der Waals surface area contributed by atoms with Gasteiger partial charge < -0.3 is 5.32 Å². The highest BCUT2D eigenvalue weighted by Crippen LogP contribution is 2.28. The van der Waals surface area contributed by atoms with Gasteiger partial charge >= 0.3 is 0 Å². The topological polar surface area (TPSA) is 45.2 Å². The maximum absolute atomic E-state index is 12.1. The van der Waals surface area contributed by atoms with Crippen LogP contribution in [-0.4, -0.2) is 28.9 Å². The lowest BCUT2D eigenvalue weighted by Crippen LogP contribution is -2.29. The number of aromatic nitrogens is 1. The van der Waals surface area contributed by atoms with Gasteiger partial charge in [-0.15, -0.1) is 11.3 Å². The lowest BCUT2D eigenvalue weighted by molar-refractivity contribution is -0.116. The Balaban J connectivity index is 1.54. The van der Waals surface area contributed by atoms with Crippen molar-refractivity contribution in [2.45, 2.75) is 39.7 Å². The number of nitrogens with one attached hydrogen (secondary N) is 1. The minimum atomic E-state index is 0.0454. The smallest absolute Gasteiger partial charge is 0.226 e. The van der Waals surface area contributed by atoms with Crippen molar-refractivity contribution in [1.29, 1.82) is 0 Å². The second-order valence-corrected chi connectivity index (χ2v) is 7.13. The number of aryl methyl sites for hydroxylation is 2. The fourth-order valence-electron chi connectivity index (χ4n) is 2.77. The summed E-state index contributed by atoms with van der Waals surface area (Å²) in [5, 5.41) is 3.72. The number of amides is 1. The van der Waals surface area contributed by atoms with E-state index < -0.39 is 0 Å². The van der Waals surface area contributed by atoms with E-state index in [1.165, 1.54) is 16.0 Å².